The van der Waals surface area contributed by atoms with Crippen LogP contribution < -0.4 is 10.6 Å². The molecule has 3 N–H and O–H groups in total. The summed E-state index contributed by atoms with van der Waals surface area (Å²) < 4.78 is 5.18. The van der Waals surface area contributed by atoms with Gasteiger partial charge in [-0.15, -0.1) is 0 Å². The molecule has 6 nitrogen and oxygen atoms in total. The molecule has 1 rings (SSSR count). The zero-order valence-electron chi connectivity index (χ0n) is 13.1. The van der Waals surface area contributed by atoms with Crippen molar-refractivity contribution in [2.24, 2.45) is 11.3 Å². The maximum atomic E-state index is 11.7. The molecule has 1 aliphatic rings. The molecule has 0 heterocycles. The van der Waals surface area contributed by atoms with Gasteiger partial charge in [0.2, 0.25) is 0 Å². The third-order valence-electron chi connectivity index (χ3n) is 4.23. The van der Waals surface area contributed by atoms with Crippen LogP contribution in [0, 0.1) is 11.3 Å². The lowest BCUT2D eigenvalue weighted by atomic mass is 9.71. The molecule has 1 aliphatic carbocycles. The van der Waals surface area contributed by atoms with Crippen molar-refractivity contribution in [3.8, 4) is 0 Å². The Hall–Kier alpha value is -1.30. The number of carboxylic acid groups (broad SMARTS) is 1. The van der Waals surface area contributed by atoms with Crippen molar-refractivity contribution in [3.63, 3.8) is 0 Å². The number of ether oxygens (including phenoxy) is 1. The van der Waals surface area contributed by atoms with Crippen molar-refractivity contribution in [1.29, 1.82) is 0 Å². The molecule has 6 heteroatoms. The van der Waals surface area contributed by atoms with Crippen LogP contribution in [0.3, 0.4) is 0 Å². The van der Waals surface area contributed by atoms with Gasteiger partial charge >= 0.3 is 12.0 Å². The van der Waals surface area contributed by atoms with Gasteiger partial charge in [-0.05, 0) is 44.9 Å². The minimum Gasteiger partial charge on any atom is -0.481 e. The summed E-state index contributed by atoms with van der Waals surface area (Å²) in [4.78, 5) is 23.2. The first-order valence-electron chi connectivity index (χ1n) is 7.83. The average Bonchev–Trinajstić information content (AvgIpc) is 2.46. The van der Waals surface area contributed by atoms with Crippen molar-refractivity contribution in [3.05, 3.63) is 0 Å². The largest absolute Gasteiger partial charge is 0.481 e. The quantitative estimate of drug-likeness (QED) is 0.598. The predicted molar refractivity (Wildman–Crippen MR) is 80.2 cm³/mol. The summed E-state index contributed by atoms with van der Waals surface area (Å²) in [5.74, 6) is -0.226. The number of hydrogen-bond donors (Lipinski definition) is 3. The van der Waals surface area contributed by atoms with Crippen molar-refractivity contribution < 1.29 is 19.4 Å². The molecule has 0 saturated heterocycles. The van der Waals surface area contributed by atoms with Crippen LogP contribution in [0.1, 0.15) is 46.0 Å². The highest BCUT2D eigenvalue weighted by Crippen LogP contribution is 2.38. The normalized spacial score (nSPS) is 25.3. The van der Waals surface area contributed by atoms with E-state index in [1.54, 1.807) is 0 Å². The van der Waals surface area contributed by atoms with Gasteiger partial charge in [0.15, 0.2) is 0 Å². The molecule has 0 atom stereocenters. The monoisotopic (exact) mass is 300 g/mol. The smallest absolute Gasteiger partial charge is 0.314 e. The third-order valence-corrected chi connectivity index (χ3v) is 4.23. The summed E-state index contributed by atoms with van der Waals surface area (Å²) >= 11 is 0. The van der Waals surface area contributed by atoms with Crippen LogP contribution in [0.2, 0.25) is 0 Å². The number of carbonyl (C=O) groups excluding carboxylic acids is 1. The Morgan fingerprint density at radius 1 is 1.29 bits per heavy atom. The van der Waals surface area contributed by atoms with Crippen molar-refractivity contribution in [1.82, 2.24) is 10.6 Å². The Bertz CT molecular complexity index is 339. The Balaban J connectivity index is 2.30. The van der Waals surface area contributed by atoms with Gasteiger partial charge < -0.3 is 20.5 Å². The number of carbonyl (C=O) groups is 2. The van der Waals surface area contributed by atoms with Gasteiger partial charge in [-0.2, -0.15) is 0 Å². The summed E-state index contributed by atoms with van der Waals surface area (Å²) in [6.07, 6.45) is 3.83. The summed E-state index contributed by atoms with van der Waals surface area (Å²) in [5, 5.41) is 14.9. The third kappa shape index (κ3) is 5.91. The van der Waals surface area contributed by atoms with Crippen LogP contribution in [0.5, 0.6) is 0 Å². The van der Waals surface area contributed by atoms with Gasteiger partial charge in [0.05, 0.1) is 5.41 Å². The van der Waals surface area contributed by atoms with E-state index < -0.39 is 11.4 Å². The Labute approximate surface area is 126 Å². The summed E-state index contributed by atoms with van der Waals surface area (Å²) in [7, 11) is 0. The SMILES string of the molecule is CCOCCCNC(=O)NCC1(C(=O)O)CCC(C)CC1. The van der Waals surface area contributed by atoms with E-state index in [0.717, 1.165) is 19.3 Å². The first-order chi connectivity index (χ1) is 10.00. The van der Waals surface area contributed by atoms with E-state index in [9.17, 15) is 14.7 Å². The number of urea groups is 1. The molecule has 0 aliphatic heterocycles. The molecule has 1 fully saturated rings. The molecular weight excluding hydrogens is 272 g/mol. The second kappa shape index (κ2) is 8.87. The maximum absolute atomic E-state index is 11.7. The lowest BCUT2D eigenvalue weighted by molar-refractivity contribution is -0.151. The summed E-state index contributed by atoms with van der Waals surface area (Å²) in [6.45, 7) is 6.09. The highest BCUT2D eigenvalue weighted by Gasteiger charge is 2.41. The van der Waals surface area contributed by atoms with Crippen molar-refractivity contribution in [2.45, 2.75) is 46.0 Å². The van der Waals surface area contributed by atoms with Crippen LogP contribution in [-0.2, 0) is 9.53 Å². The minimum atomic E-state index is -0.800. The first kappa shape index (κ1) is 17.8. The van der Waals surface area contributed by atoms with Crippen molar-refractivity contribution in [2.75, 3.05) is 26.3 Å². The zero-order chi connectivity index (χ0) is 15.7. The number of hydrogen-bond acceptors (Lipinski definition) is 3. The van der Waals surface area contributed by atoms with Crippen LogP contribution in [0.25, 0.3) is 0 Å². The Kier molecular flexibility index (Phi) is 7.50. The number of nitrogens with one attached hydrogen (secondary N) is 2. The highest BCUT2D eigenvalue weighted by atomic mass is 16.5. The molecule has 0 spiro atoms. The van der Waals surface area contributed by atoms with E-state index in [0.29, 0.717) is 38.5 Å². The van der Waals surface area contributed by atoms with E-state index in [1.807, 2.05) is 6.92 Å². The van der Waals surface area contributed by atoms with Crippen molar-refractivity contribution >= 4 is 12.0 Å². The van der Waals surface area contributed by atoms with E-state index in [-0.39, 0.29) is 12.6 Å². The van der Waals surface area contributed by atoms with E-state index >= 15 is 0 Å². The van der Waals surface area contributed by atoms with Gasteiger partial charge in [-0.3, -0.25) is 4.79 Å². The highest BCUT2D eigenvalue weighted by molar-refractivity contribution is 5.78. The summed E-state index contributed by atoms with van der Waals surface area (Å²) in [5.41, 5.74) is -0.796. The van der Waals surface area contributed by atoms with Crippen LogP contribution in [-0.4, -0.2) is 43.4 Å². The molecule has 0 aromatic rings. The second-order valence-electron chi connectivity index (χ2n) is 5.93. The maximum Gasteiger partial charge on any atom is 0.314 e. The van der Waals surface area contributed by atoms with Crippen LogP contribution >= 0.6 is 0 Å². The molecule has 0 bridgehead atoms. The first-order valence-corrected chi connectivity index (χ1v) is 7.83. The fourth-order valence-electron chi connectivity index (χ4n) is 2.61. The Morgan fingerprint density at radius 2 is 1.95 bits per heavy atom. The molecule has 21 heavy (non-hydrogen) atoms. The second-order valence-corrected chi connectivity index (χ2v) is 5.93. The number of rotatable bonds is 8. The van der Waals surface area contributed by atoms with Crippen LogP contribution in [0.4, 0.5) is 4.79 Å². The predicted octanol–water partition coefficient (Wildman–Crippen LogP) is 1.99. The summed E-state index contributed by atoms with van der Waals surface area (Å²) in [6, 6.07) is -0.300. The fourth-order valence-corrected chi connectivity index (χ4v) is 2.61. The molecular formula is C15H28N2O4. The number of aliphatic carboxylic acids is 1. The molecule has 0 aromatic carbocycles. The molecule has 0 aromatic heterocycles. The number of amides is 2. The van der Waals surface area contributed by atoms with Gasteiger partial charge in [0.25, 0.3) is 0 Å². The standard InChI is InChI=1S/C15H28N2O4/c1-3-21-10-4-9-16-14(20)17-11-15(13(18)19)7-5-12(2)6-8-15/h12H,3-11H2,1-2H3,(H,18,19)(H2,16,17,20). The lowest BCUT2D eigenvalue weighted by Gasteiger charge is -2.35. The molecule has 0 unspecified atom stereocenters. The van der Waals surface area contributed by atoms with Gasteiger partial charge in [-0.25, -0.2) is 4.79 Å². The van der Waals surface area contributed by atoms with Gasteiger partial charge in [-0.1, -0.05) is 6.92 Å². The van der Waals surface area contributed by atoms with Gasteiger partial charge in [0, 0.05) is 26.3 Å². The Morgan fingerprint density at radius 3 is 2.52 bits per heavy atom. The van der Waals surface area contributed by atoms with Crippen LogP contribution in [0.15, 0.2) is 0 Å². The minimum absolute atomic E-state index is 0.201. The molecule has 0 radical (unpaired) electrons. The topological polar surface area (TPSA) is 87.7 Å². The van der Waals surface area contributed by atoms with E-state index in [2.05, 4.69) is 17.6 Å². The molecule has 2 amide bonds. The number of carboxylic acids is 1. The average molecular weight is 300 g/mol. The van der Waals surface area contributed by atoms with E-state index in [1.165, 1.54) is 0 Å². The molecule has 122 valence electrons. The van der Waals surface area contributed by atoms with E-state index in [4.69, 9.17) is 4.74 Å². The lowest BCUT2D eigenvalue weighted by Crippen LogP contribution is -2.48. The van der Waals surface area contributed by atoms with Gasteiger partial charge in [0.1, 0.15) is 0 Å². The molecule has 1 saturated carbocycles. The zero-order valence-corrected chi connectivity index (χ0v) is 13.1. The fraction of sp³-hybridized carbons (Fsp3) is 0.867.